The summed E-state index contributed by atoms with van der Waals surface area (Å²) in [7, 11) is 0. The van der Waals surface area contributed by atoms with Crippen molar-refractivity contribution in [3.63, 3.8) is 0 Å². The molecule has 1 aliphatic heterocycles. The second-order valence-electron chi connectivity index (χ2n) is 8.73. The maximum Gasteiger partial charge on any atom is 0.271 e. The summed E-state index contributed by atoms with van der Waals surface area (Å²) >= 11 is 1.35. The lowest BCUT2D eigenvalue weighted by molar-refractivity contribution is 0.370. The van der Waals surface area contributed by atoms with E-state index in [0.717, 1.165) is 40.8 Å². The molecule has 176 valence electrons. The molecular weight excluding hydrogens is 471 g/mol. The quantitative estimate of drug-likeness (QED) is 0.395. The molecule has 2 aliphatic rings. The number of thiazole rings is 1. The van der Waals surface area contributed by atoms with E-state index >= 15 is 0 Å². The minimum absolute atomic E-state index is 0.133. The highest BCUT2D eigenvalue weighted by Crippen LogP contribution is 2.41. The molecule has 0 saturated heterocycles. The molecule has 36 heavy (non-hydrogen) atoms. The summed E-state index contributed by atoms with van der Waals surface area (Å²) in [6.07, 6.45) is 8.73. The van der Waals surface area contributed by atoms with Crippen LogP contribution in [0.25, 0.3) is 11.8 Å². The number of hydrogen-bond donors (Lipinski definition) is 0. The van der Waals surface area contributed by atoms with Gasteiger partial charge in [0.15, 0.2) is 4.80 Å². The Morgan fingerprint density at radius 3 is 2.75 bits per heavy atom. The maximum atomic E-state index is 14.3. The fraction of sp³-hybridized carbons (Fsp3) is 0.133. The van der Waals surface area contributed by atoms with Crippen molar-refractivity contribution in [1.29, 1.82) is 0 Å². The van der Waals surface area contributed by atoms with E-state index in [1.54, 1.807) is 10.6 Å². The fourth-order valence-electron chi connectivity index (χ4n) is 4.94. The van der Waals surface area contributed by atoms with E-state index in [2.05, 4.69) is 18.1 Å². The van der Waals surface area contributed by atoms with Crippen LogP contribution in [-0.2, 0) is 6.42 Å². The lowest BCUT2D eigenvalue weighted by atomic mass is 9.83. The van der Waals surface area contributed by atoms with Crippen LogP contribution >= 0.6 is 11.3 Å². The van der Waals surface area contributed by atoms with Gasteiger partial charge in [0, 0.05) is 5.56 Å². The molecule has 0 fully saturated rings. The lowest BCUT2D eigenvalue weighted by Crippen LogP contribution is -2.38. The Balaban J connectivity index is 1.53. The monoisotopic (exact) mass is 492 g/mol. The van der Waals surface area contributed by atoms with Crippen LogP contribution in [0, 0.1) is 18.2 Å². The van der Waals surface area contributed by atoms with Crippen molar-refractivity contribution in [2.45, 2.75) is 18.9 Å². The van der Waals surface area contributed by atoms with Crippen molar-refractivity contribution < 1.29 is 9.13 Å². The Kier molecular flexibility index (Phi) is 5.63. The van der Waals surface area contributed by atoms with Gasteiger partial charge in [-0.2, -0.15) is 0 Å². The van der Waals surface area contributed by atoms with Crippen LogP contribution < -0.4 is 19.6 Å². The number of allylic oxidation sites excluding steroid dienone is 1. The highest BCUT2D eigenvalue weighted by Gasteiger charge is 2.32. The van der Waals surface area contributed by atoms with Crippen molar-refractivity contribution in [3.05, 3.63) is 126 Å². The van der Waals surface area contributed by atoms with Gasteiger partial charge in [0.2, 0.25) is 0 Å². The van der Waals surface area contributed by atoms with Crippen molar-refractivity contribution in [1.82, 2.24) is 4.57 Å². The highest BCUT2D eigenvalue weighted by atomic mass is 32.1. The van der Waals surface area contributed by atoms with E-state index < -0.39 is 6.04 Å². The molecule has 0 spiro atoms. The lowest BCUT2D eigenvalue weighted by Gasteiger charge is -2.30. The normalized spacial score (nSPS) is 16.4. The molecule has 0 saturated carbocycles. The van der Waals surface area contributed by atoms with Crippen LogP contribution in [0.3, 0.4) is 0 Å². The molecular formula is C30H21FN2O2S. The molecule has 2 heterocycles. The first-order valence-electron chi connectivity index (χ1n) is 11.7. The first kappa shape index (κ1) is 22.3. The van der Waals surface area contributed by atoms with Crippen LogP contribution in [0.15, 0.2) is 88.2 Å². The third-order valence-electron chi connectivity index (χ3n) is 6.54. The predicted molar refractivity (Wildman–Crippen MR) is 140 cm³/mol. The van der Waals surface area contributed by atoms with Crippen LogP contribution in [-0.4, -0.2) is 11.2 Å². The third-order valence-corrected chi connectivity index (χ3v) is 7.52. The summed E-state index contributed by atoms with van der Waals surface area (Å²) < 4.78 is 22.0. The van der Waals surface area contributed by atoms with Crippen LogP contribution in [0.2, 0.25) is 0 Å². The number of aromatic nitrogens is 1. The van der Waals surface area contributed by atoms with Gasteiger partial charge in [0.05, 0.1) is 16.3 Å². The van der Waals surface area contributed by atoms with E-state index in [9.17, 15) is 9.18 Å². The molecule has 4 aromatic rings. The number of terminal acetylenes is 1. The molecule has 6 heteroatoms. The molecule has 0 radical (unpaired) electrons. The smallest absolute Gasteiger partial charge is 0.271 e. The summed E-state index contributed by atoms with van der Waals surface area (Å²) in [6, 6.07) is 21.8. The molecule has 1 aromatic heterocycles. The van der Waals surface area contributed by atoms with Gasteiger partial charge in [0.1, 0.15) is 18.2 Å². The largest absolute Gasteiger partial charge is 0.481 e. The van der Waals surface area contributed by atoms with Gasteiger partial charge in [-0.05, 0) is 65.4 Å². The third kappa shape index (κ3) is 3.88. The Hall–Kier alpha value is -4.21. The average molecular weight is 493 g/mol. The summed E-state index contributed by atoms with van der Waals surface area (Å²) in [5, 5.41) is 0. The molecule has 1 aliphatic carbocycles. The number of fused-ring (bicyclic) bond motifs is 3. The number of halogens is 1. The van der Waals surface area contributed by atoms with E-state index in [1.807, 2.05) is 48.5 Å². The minimum atomic E-state index is -0.401. The van der Waals surface area contributed by atoms with E-state index in [4.69, 9.17) is 16.2 Å². The van der Waals surface area contributed by atoms with Gasteiger partial charge in [-0.15, -0.1) is 6.42 Å². The van der Waals surface area contributed by atoms with Gasteiger partial charge >= 0.3 is 0 Å². The van der Waals surface area contributed by atoms with Gasteiger partial charge in [-0.25, -0.2) is 9.38 Å². The summed E-state index contributed by atoms with van der Waals surface area (Å²) in [5.74, 6) is 2.79. The second-order valence-corrected chi connectivity index (χ2v) is 9.74. The van der Waals surface area contributed by atoms with Crippen molar-refractivity contribution >= 4 is 23.1 Å². The Morgan fingerprint density at radius 2 is 1.94 bits per heavy atom. The molecule has 0 amide bonds. The standard InChI is InChI=1S/C30H21FN2O2S/c1-2-16-35-23-13-10-19(11-14-23)17-26-29(34)33-28(21-7-5-8-22(31)18-21)25-15-12-20-6-3-4-9-24(20)27(25)32-30(33)36-26/h1,3-11,13-14,17-18,28H,12,15-16H2/b26-17-. The van der Waals surface area contributed by atoms with Gasteiger partial charge in [0.25, 0.3) is 5.56 Å². The van der Waals surface area contributed by atoms with Crippen molar-refractivity contribution in [3.8, 4) is 18.1 Å². The SMILES string of the molecule is C#CCOc1ccc(/C=c2\sc3n(c2=O)C(c2cccc(F)c2)C2=C(N=3)c3ccccc3CC2)cc1. The zero-order valence-corrected chi connectivity index (χ0v) is 20.1. The minimum Gasteiger partial charge on any atom is -0.481 e. The molecule has 0 bridgehead atoms. The van der Waals surface area contributed by atoms with Crippen LogP contribution in [0.1, 0.15) is 34.7 Å². The summed E-state index contributed by atoms with van der Waals surface area (Å²) in [5.41, 5.74) is 5.75. The molecule has 6 rings (SSSR count). The zero-order chi connectivity index (χ0) is 24.6. The van der Waals surface area contributed by atoms with Gasteiger partial charge in [-0.1, -0.05) is 65.8 Å². The number of hydrogen-bond acceptors (Lipinski definition) is 4. The molecule has 1 unspecified atom stereocenters. The van der Waals surface area contributed by atoms with E-state index in [1.165, 1.54) is 29.0 Å². The number of benzene rings is 3. The number of rotatable bonds is 4. The van der Waals surface area contributed by atoms with Crippen LogP contribution in [0.4, 0.5) is 4.39 Å². The first-order chi connectivity index (χ1) is 17.6. The molecule has 4 nitrogen and oxygen atoms in total. The van der Waals surface area contributed by atoms with Gasteiger partial charge < -0.3 is 4.74 Å². The fourth-order valence-corrected chi connectivity index (χ4v) is 5.94. The predicted octanol–water partition coefficient (Wildman–Crippen LogP) is 4.47. The van der Waals surface area contributed by atoms with E-state index in [-0.39, 0.29) is 18.0 Å². The Bertz CT molecular complexity index is 1740. The summed E-state index contributed by atoms with van der Waals surface area (Å²) in [6.45, 7) is 0.200. The second kappa shape index (κ2) is 9.10. The van der Waals surface area contributed by atoms with Crippen LogP contribution in [0.5, 0.6) is 5.75 Å². The topological polar surface area (TPSA) is 43.6 Å². The zero-order valence-electron chi connectivity index (χ0n) is 19.3. The van der Waals surface area contributed by atoms with Gasteiger partial charge in [-0.3, -0.25) is 9.36 Å². The Labute approximate surface area is 211 Å². The number of aryl methyl sites for hydroxylation is 1. The average Bonchev–Trinajstić information content (AvgIpc) is 3.21. The molecule has 1 atom stereocenters. The summed E-state index contributed by atoms with van der Waals surface area (Å²) in [4.78, 5) is 19.3. The number of nitrogens with zero attached hydrogens (tertiary/aromatic N) is 2. The maximum absolute atomic E-state index is 14.3. The highest BCUT2D eigenvalue weighted by molar-refractivity contribution is 7.07. The van der Waals surface area contributed by atoms with Crippen molar-refractivity contribution in [2.75, 3.05) is 6.61 Å². The first-order valence-corrected chi connectivity index (χ1v) is 12.5. The molecule has 0 N–H and O–H groups in total. The van der Waals surface area contributed by atoms with Crippen molar-refractivity contribution in [2.24, 2.45) is 4.99 Å². The Morgan fingerprint density at radius 1 is 1.11 bits per heavy atom. The molecule has 3 aromatic carbocycles. The van der Waals surface area contributed by atoms with E-state index in [0.29, 0.717) is 15.1 Å². The number of ether oxygens (including phenoxy) is 1.